The van der Waals surface area contributed by atoms with Gasteiger partial charge in [-0.05, 0) is 88.0 Å². The Labute approximate surface area is 176 Å². The lowest BCUT2D eigenvalue weighted by molar-refractivity contribution is -0.0417. The van der Waals surface area contributed by atoms with Gasteiger partial charge in [-0.2, -0.15) is 0 Å². The van der Waals surface area contributed by atoms with Crippen molar-refractivity contribution in [2.24, 2.45) is 23.7 Å². The Hall–Kier alpha value is -0.240. The highest BCUT2D eigenvalue weighted by Gasteiger charge is 2.46. The van der Waals surface area contributed by atoms with E-state index in [1.54, 1.807) is 0 Å². The predicted octanol–water partition coefficient (Wildman–Crippen LogP) is 2.24. The minimum Gasteiger partial charge on any atom is -0.381 e. The molecule has 7 atom stereocenters. The fourth-order valence-electron chi connectivity index (χ4n) is 6.89. The molecule has 0 spiro atoms. The van der Waals surface area contributed by atoms with Crippen LogP contribution in [-0.2, 0) is 14.2 Å². The van der Waals surface area contributed by atoms with Crippen LogP contribution in [0.5, 0.6) is 0 Å². The van der Waals surface area contributed by atoms with Gasteiger partial charge >= 0.3 is 0 Å². The third kappa shape index (κ3) is 4.99. The van der Waals surface area contributed by atoms with Crippen molar-refractivity contribution in [1.29, 1.82) is 0 Å². The van der Waals surface area contributed by atoms with Gasteiger partial charge in [-0.15, -0.1) is 0 Å². The van der Waals surface area contributed by atoms with Crippen LogP contribution >= 0.6 is 0 Å². The molecule has 0 aromatic rings. The van der Waals surface area contributed by atoms with Crippen LogP contribution in [0.4, 0.5) is 0 Å². The highest BCUT2D eigenvalue weighted by molar-refractivity contribution is 5.01. The first-order valence-electron chi connectivity index (χ1n) is 12.4. The van der Waals surface area contributed by atoms with E-state index in [4.69, 9.17) is 14.2 Å². The lowest BCUT2D eigenvalue weighted by Gasteiger charge is -2.43. The van der Waals surface area contributed by atoms with E-state index in [9.17, 15) is 0 Å². The van der Waals surface area contributed by atoms with Gasteiger partial charge in [0, 0.05) is 38.4 Å². The second kappa shape index (κ2) is 9.92. The van der Waals surface area contributed by atoms with Gasteiger partial charge in [0.2, 0.25) is 0 Å². The van der Waals surface area contributed by atoms with Crippen molar-refractivity contribution in [3.8, 4) is 0 Å². The Bertz CT molecular complexity index is 516. The number of hydrogen-bond acceptors (Lipinski definition) is 6. The first kappa shape index (κ1) is 20.7. The van der Waals surface area contributed by atoms with Crippen molar-refractivity contribution in [3.63, 3.8) is 0 Å². The summed E-state index contributed by atoms with van der Waals surface area (Å²) in [4.78, 5) is 0. The quantitative estimate of drug-likeness (QED) is 0.620. The van der Waals surface area contributed by atoms with Crippen LogP contribution in [0.3, 0.4) is 0 Å². The van der Waals surface area contributed by atoms with Gasteiger partial charge < -0.3 is 19.5 Å². The standard InChI is InChI=1S/C23H41N3O3/c1-6-24-7-11-29-20-13-17(16-4-9-27-10-5-16)12-18(14-20)23-21-15-19(28-8-1)2-3-22(21)25-26-23/h16-26H,1-15H2. The molecule has 3 heterocycles. The van der Waals surface area contributed by atoms with E-state index in [1.807, 2.05) is 0 Å². The van der Waals surface area contributed by atoms with Gasteiger partial charge in [-0.1, -0.05) is 0 Å². The molecular formula is C23H41N3O3. The molecule has 0 aromatic heterocycles. The van der Waals surface area contributed by atoms with Crippen molar-refractivity contribution in [3.05, 3.63) is 0 Å². The third-order valence-corrected chi connectivity index (χ3v) is 8.41. The van der Waals surface area contributed by atoms with E-state index in [-0.39, 0.29) is 0 Å². The molecule has 2 aliphatic carbocycles. The molecule has 3 N–H and O–H groups in total. The summed E-state index contributed by atoms with van der Waals surface area (Å²) >= 11 is 0. The Balaban J connectivity index is 1.32. The number of rotatable bonds is 1. The summed E-state index contributed by atoms with van der Waals surface area (Å²) in [5.41, 5.74) is 7.43. The van der Waals surface area contributed by atoms with Gasteiger partial charge in [0.15, 0.2) is 0 Å². The zero-order valence-electron chi connectivity index (χ0n) is 18.0. The topological polar surface area (TPSA) is 63.8 Å². The van der Waals surface area contributed by atoms with Crippen LogP contribution in [0.1, 0.15) is 57.8 Å². The van der Waals surface area contributed by atoms with E-state index in [0.29, 0.717) is 36.1 Å². The highest BCUT2D eigenvalue weighted by atomic mass is 16.5. The average Bonchev–Trinajstić information content (AvgIpc) is 3.19. The fourth-order valence-corrected chi connectivity index (χ4v) is 6.89. The van der Waals surface area contributed by atoms with Crippen LogP contribution in [0.2, 0.25) is 0 Å². The Morgan fingerprint density at radius 3 is 2.41 bits per heavy atom. The normalized spacial score (nSPS) is 45.3. The SMILES string of the molecule is C1CNCCOC2CC(C3CCOCC3)CC(C2)C2NNC3CCC(CC32)OC1. The lowest BCUT2D eigenvalue weighted by atomic mass is 9.66. The van der Waals surface area contributed by atoms with E-state index >= 15 is 0 Å². The molecule has 0 amide bonds. The maximum Gasteiger partial charge on any atom is 0.0594 e. The second-order valence-electron chi connectivity index (χ2n) is 10.2. The Morgan fingerprint density at radius 2 is 1.48 bits per heavy atom. The summed E-state index contributed by atoms with van der Waals surface area (Å²) in [6, 6.07) is 1.20. The highest BCUT2D eigenvalue weighted by Crippen LogP contribution is 2.44. The molecule has 3 saturated heterocycles. The largest absolute Gasteiger partial charge is 0.381 e. The Morgan fingerprint density at radius 1 is 0.621 bits per heavy atom. The summed E-state index contributed by atoms with van der Waals surface area (Å²) in [5, 5.41) is 3.54. The molecule has 4 bridgehead atoms. The van der Waals surface area contributed by atoms with Gasteiger partial charge in [-0.25, -0.2) is 0 Å². The molecule has 5 aliphatic rings. The van der Waals surface area contributed by atoms with Gasteiger partial charge in [0.25, 0.3) is 0 Å². The molecule has 6 heteroatoms. The van der Waals surface area contributed by atoms with E-state index in [1.165, 1.54) is 51.4 Å². The number of fused-ring (bicyclic) bond motifs is 4. The maximum atomic E-state index is 6.45. The van der Waals surface area contributed by atoms with Crippen LogP contribution in [0.25, 0.3) is 0 Å². The van der Waals surface area contributed by atoms with Crippen molar-refractivity contribution in [1.82, 2.24) is 16.2 Å². The number of nitrogens with one attached hydrogen (secondary N) is 3. The second-order valence-corrected chi connectivity index (χ2v) is 10.2. The molecule has 0 aromatic carbocycles. The molecule has 5 rings (SSSR count). The summed E-state index contributed by atoms with van der Waals surface area (Å²) < 4.78 is 18.4. The van der Waals surface area contributed by atoms with Crippen LogP contribution in [0.15, 0.2) is 0 Å². The number of ether oxygens (including phenoxy) is 3. The van der Waals surface area contributed by atoms with Crippen molar-refractivity contribution in [2.75, 3.05) is 39.5 Å². The zero-order valence-corrected chi connectivity index (χ0v) is 18.0. The molecule has 2 saturated carbocycles. The molecule has 5 fully saturated rings. The van der Waals surface area contributed by atoms with Gasteiger partial charge in [0.1, 0.15) is 0 Å². The predicted molar refractivity (Wildman–Crippen MR) is 113 cm³/mol. The van der Waals surface area contributed by atoms with Crippen LogP contribution in [-0.4, -0.2) is 63.8 Å². The first-order valence-corrected chi connectivity index (χ1v) is 12.4. The lowest BCUT2D eigenvalue weighted by Crippen LogP contribution is -2.46. The molecule has 166 valence electrons. The van der Waals surface area contributed by atoms with E-state index in [2.05, 4.69) is 16.2 Å². The van der Waals surface area contributed by atoms with Gasteiger partial charge in [-0.3, -0.25) is 10.9 Å². The van der Waals surface area contributed by atoms with Crippen LogP contribution in [0, 0.1) is 23.7 Å². The molecule has 29 heavy (non-hydrogen) atoms. The minimum absolute atomic E-state index is 0.421. The number of hydrazine groups is 1. The summed E-state index contributed by atoms with van der Waals surface area (Å²) in [7, 11) is 0. The molecule has 6 nitrogen and oxygen atoms in total. The summed E-state index contributed by atoms with van der Waals surface area (Å²) in [6.45, 7) is 5.62. The smallest absolute Gasteiger partial charge is 0.0594 e. The van der Waals surface area contributed by atoms with Crippen molar-refractivity contribution >= 4 is 0 Å². The fraction of sp³-hybridized carbons (Fsp3) is 1.00. The molecular weight excluding hydrogens is 366 g/mol. The first-order chi connectivity index (χ1) is 14.4. The molecule has 3 aliphatic heterocycles. The third-order valence-electron chi connectivity index (χ3n) is 8.41. The monoisotopic (exact) mass is 407 g/mol. The van der Waals surface area contributed by atoms with Crippen LogP contribution < -0.4 is 16.2 Å². The summed E-state index contributed by atoms with van der Waals surface area (Å²) in [6.07, 6.45) is 11.9. The van der Waals surface area contributed by atoms with Crippen molar-refractivity contribution < 1.29 is 14.2 Å². The molecule has 7 unspecified atom stereocenters. The van der Waals surface area contributed by atoms with Crippen molar-refractivity contribution in [2.45, 2.75) is 82.1 Å². The van der Waals surface area contributed by atoms with E-state index in [0.717, 1.165) is 57.8 Å². The maximum absolute atomic E-state index is 6.45. The minimum atomic E-state index is 0.421. The average molecular weight is 408 g/mol. The number of hydrogen-bond donors (Lipinski definition) is 3. The zero-order chi connectivity index (χ0) is 19.5. The Kier molecular flexibility index (Phi) is 7.07. The van der Waals surface area contributed by atoms with Gasteiger partial charge in [0.05, 0.1) is 18.8 Å². The summed E-state index contributed by atoms with van der Waals surface area (Å²) in [5.74, 6) is 3.03. The molecule has 0 radical (unpaired) electrons. The van der Waals surface area contributed by atoms with E-state index < -0.39 is 0 Å².